The Kier molecular flexibility index (Phi) is 4.22. The molecule has 0 aromatic heterocycles. The van der Waals surface area contributed by atoms with Crippen LogP contribution in [0.3, 0.4) is 0 Å². The summed E-state index contributed by atoms with van der Waals surface area (Å²) in [4.78, 5) is 11.3. The summed E-state index contributed by atoms with van der Waals surface area (Å²) in [5, 5.41) is 0. The second-order valence-corrected chi connectivity index (χ2v) is 8.49. The number of benzene rings is 2. The Labute approximate surface area is 128 Å². The normalized spacial score (nSPS) is 17.2. The summed E-state index contributed by atoms with van der Waals surface area (Å²) in [6, 6.07) is 18.9. The molecule has 0 bridgehead atoms. The zero-order chi connectivity index (χ0) is 14.7. The molecule has 2 heteroatoms. The predicted molar refractivity (Wildman–Crippen MR) is 90.6 cm³/mol. The van der Waals surface area contributed by atoms with E-state index in [-0.39, 0.29) is 13.3 Å². The van der Waals surface area contributed by atoms with Crippen LogP contribution in [0.4, 0.5) is 0 Å². The van der Waals surface area contributed by atoms with Gasteiger partial charge in [0.25, 0.3) is 0 Å². The van der Waals surface area contributed by atoms with Crippen molar-refractivity contribution < 1.29 is 4.79 Å². The maximum atomic E-state index is 11.3. The maximum Gasteiger partial charge on any atom is 0.150 e. The fourth-order valence-electron chi connectivity index (χ4n) is 3.21. The first-order chi connectivity index (χ1) is 10.2. The zero-order valence-corrected chi connectivity index (χ0v) is 13.4. The summed E-state index contributed by atoms with van der Waals surface area (Å²) >= 11 is 0. The van der Waals surface area contributed by atoms with E-state index >= 15 is 0 Å². The molecule has 21 heavy (non-hydrogen) atoms. The minimum atomic E-state index is -0.0393. The van der Waals surface area contributed by atoms with Crippen molar-refractivity contribution in [3.63, 3.8) is 0 Å². The van der Waals surface area contributed by atoms with E-state index in [1.54, 1.807) is 0 Å². The molecule has 0 radical (unpaired) electrons. The first-order valence-electron chi connectivity index (χ1n) is 7.51. The highest BCUT2D eigenvalue weighted by Crippen LogP contribution is 2.56. The van der Waals surface area contributed by atoms with E-state index in [9.17, 15) is 4.79 Å². The van der Waals surface area contributed by atoms with E-state index in [1.807, 2.05) is 12.1 Å². The van der Waals surface area contributed by atoms with Crippen molar-refractivity contribution in [2.75, 3.05) is 12.8 Å². The molecule has 1 aliphatic carbocycles. The quantitative estimate of drug-likeness (QED) is 0.550. The topological polar surface area (TPSA) is 17.1 Å². The van der Waals surface area contributed by atoms with Crippen molar-refractivity contribution in [2.24, 2.45) is 0 Å². The lowest BCUT2D eigenvalue weighted by molar-refractivity contribution is 0.112. The largest absolute Gasteiger partial charge is 0.298 e. The molecule has 2 aromatic rings. The van der Waals surface area contributed by atoms with Gasteiger partial charge in [0.15, 0.2) is 0 Å². The van der Waals surface area contributed by atoms with Crippen molar-refractivity contribution >= 4 is 14.2 Å². The monoisotopic (exact) mass is 296 g/mol. The molecule has 1 unspecified atom stereocenters. The van der Waals surface area contributed by atoms with Crippen molar-refractivity contribution in [1.82, 2.24) is 0 Å². The van der Waals surface area contributed by atoms with Crippen LogP contribution in [0.1, 0.15) is 34.3 Å². The number of rotatable bonds is 6. The fraction of sp³-hybridized carbons (Fsp3) is 0.316. The molecule has 0 aliphatic heterocycles. The molecule has 1 fully saturated rings. The third-order valence-electron chi connectivity index (χ3n) is 4.38. The number of carbonyl (C=O) groups excluding carboxylic acids is 1. The lowest BCUT2D eigenvalue weighted by Gasteiger charge is -2.22. The van der Waals surface area contributed by atoms with Gasteiger partial charge in [-0.1, -0.05) is 54.6 Å². The molecule has 1 saturated carbocycles. The Morgan fingerprint density at radius 3 is 2.38 bits per heavy atom. The second-order valence-electron chi connectivity index (χ2n) is 6.14. The molecule has 2 aromatic carbocycles. The van der Waals surface area contributed by atoms with Gasteiger partial charge in [-0.05, 0) is 48.4 Å². The van der Waals surface area contributed by atoms with Crippen molar-refractivity contribution in [3.05, 3.63) is 71.3 Å². The Balaban J connectivity index is 1.73. The van der Waals surface area contributed by atoms with Gasteiger partial charge in [0, 0.05) is 5.56 Å². The Morgan fingerprint density at radius 2 is 1.71 bits per heavy atom. The molecule has 1 nitrogen and oxygen atoms in total. The summed E-state index contributed by atoms with van der Waals surface area (Å²) < 4.78 is 0. The van der Waals surface area contributed by atoms with Gasteiger partial charge in [0.2, 0.25) is 0 Å². The minimum absolute atomic E-state index is 0.0393. The van der Waals surface area contributed by atoms with E-state index in [4.69, 9.17) is 0 Å². The number of hydrogen-bond donors (Lipinski definition) is 0. The number of aldehydes is 1. The van der Waals surface area contributed by atoms with Crippen LogP contribution in [0.15, 0.2) is 54.6 Å². The summed E-state index contributed by atoms with van der Waals surface area (Å²) in [7, 11) is -0.0393. The van der Waals surface area contributed by atoms with E-state index in [0.717, 1.165) is 11.8 Å². The third-order valence-corrected chi connectivity index (χ3v) is 6.43. The van der Waals surface area contributed by atoms with Gasteiger partial charge in [0.1, 0.15) is 6.29 Å². The van der Waals surface area contributed by atoms with Gasteiger partial charge in [0.05, 0.1) is 0 Å². The highest BCUT2D eigenvalue weighted by molar-refractivity contribution is 7.56. The molecular formula is C19H21OP. The Morgan fingerprint density at radius 1 is 1.05 bits per heavy atom. The summed E-state index contributed by atoms with van der Waals surface area (Å²) in [6.45, 7) is 2.39. The first kappa shape index (κ1) is 14.5. The molecule has 1 atom stereocenters. The van der Waals surface area contributed by atoms with E-state index in [1.165, 1.54) is 36.3 Å². The molecule has 0 saturated heterocycles. The number of carbonyl (C=O) groups is 1. The van der Waals surface area contributed by atoms with Gasteiger partial charge >= 0.3 is 0 Å². The van der Waals surface area contributed by atoms with Crippen LogP contribution in [0, 0.1) is 0 Å². The average Bonchev–Trinajstić information content (AvgIpc) is 3.28. The lowest BCUT2D eigenvalue weighted by Crippen LogP contribution is -2.14. The smallest absolute Gasteiger partial charge is 0.150 e. The van der Waals surface area contributed by atoms with Gasteiger partial charge < -0.3 is 0 Å². The van der Waals surface area contributed by atoms with E-state index in [0.29, 0.717) is 0 Å². The van der Waals surface area contributed by atoms with Gasteiger partial charge in [-0.2, -0.15) is 0 Å². The van der Waals surface area contributed by atoms with Crippen LogP contribution in [-0.4, -0.2) is 19.1 Å². The van der Waals surface area contributed by atoms with Gasteiger partial charge in [-0.3, -0.25) is 4.79 Å². The third kappa shape index (κ3) is 3.24. The average molecular weight is 296 g/mol. The highest BCUT2D eigenvalue weighted by atomic mass is 31.1. The highest BCUT2D eigenvalue weighted by Gasteiger charge is 2.45. The Hall–Kier alpha value is -1.46. The molecule has 3 rings (SSSR count). The van der Waals surface area contributed by atoms with Gasteiger partial charge in [-0.15, -0.1) is 7.92 Å². The fourth-order valence-corrected chi connectivity index (χ4v) is 5.68. The van der Waals surface area contributed by atoms with E-state index < -0.39 is 0 Å². The maximum absolute atomic E-state index is 11.3. The first-order valence-corrected chi connectivity index (χ1v) is 9.67. The summed E-state index contributed by atoms with van der Waals surface area (Å²) in [5.41, 5.74) is 3.89. The summed E-state index contributed by atoms with van der Waals surface area (Å²) in [6.07, 6.45) is 5.91. The molecular weight excluding hydrogens is 275 g/mol. The predicted octanol–water partition coefficient (Wildman–Crippen LogP) is 4.84. The molecule has 0 heterocycles. The van der Waals surface area contributed by atoms with Crippen LogP contribution in [0.5, 0.6) is 0 Å². The Bertz CT molecular complexity index is 616. The van der Waals surface area contributed by atoms with Crippen LogP contribution < -0.4 is 0 Å². The number of hydrogen-bond acceptors (Lipinski definition) is 1. The lowest BCUT2D eigenvalue weighted by atomic mass is 9.93. The van der Waals surface area contributed by atoms with E-state index in [2.05, 4.69) is 49.1 Å². The van der Waals surface area contributed by atoms with Crippen molar-refractivity contribution in [2.45, 2.75) is 24.4 Å². The van der Waals surface area contributed by atoms with Crippen LogP contribution in [-0.2, 0) is 11.6 Å². The standard InChI is InChI=1S/C19H21OP/c1-21(14-16-7-3-2-4-8-16)15-19(11-12-19)18-10-6-5-9-17(18)13-20/h2-10,13H,11-12,14-15H2,1H3. The summed E-state index contributed by atoms with van der Waals surface area (Å²) in [5.74, 6) is 0. The molecule has 0 N–H and O–H groups in total. The van der Waals surface area contributed by atoms with Crippen molar-refractivity contribution in [3.8, 4) is 0 Å². The molecule has 0 spiro atoms. The SMILES string of the molecule is CP(Cc1ccccc1)CC1(c2ccccc2C=O)CC1. The minimum Gasteiger partial charge on any atom is -0.298 e. The second kappa shape index (κ2) is 6.12. The molecule has 0 amide bonds. The van der Waals surface area contributed by atoms with Crippen molar-refractivity contribution in [1.29, 1.82) is 0 Å². The van der Waals surface area contributed by atoms with Crippen LogP contribution in [0.25, 0.3) is 0 Å². The van der Waals surface area contributed by atoms with Gasteiger partial charge in [-0.25, -0.2) is 0 Å². The zero-order valence-electron chi connectivity index (χ0n) is 12.5. The molecule has 1 aliphatic rings. The van der Waals surface area contributed by atoms with Crippen LogP contribution >= 0.6 is 7.92 Å². The molecule has 108 valence electrons. The van der Waals surface area contributed by atoms with Crippen LogP contribution in [0.2, 0.25) is 0 Å².